The summed E-state index contributed by atoms with van der Waals surface area (Å²) in [6, 6.07) is 6.01. The minimum Gasteiger partial charge on any atom is -0.392 e. The molecular formula is C11H11BrN2O. The van der Waals surface area contributed by atoms with E-state index in [0.29, 0.717) is 0 Å². The largest absolute Gasteiger partial charge is 0.392 e. The van der Waals surface area contributed by atoms with Gasteiger partial charge in [-0.25, -0.2) is 4.68 Å². The monoisotopic (exact) mass is 266 g/mol. The van der Waals surface area contributed by atoms with Gasteiger partial charge in [0, 0.05) is 16.2 Å². The van der Waals surface area contributed by atoms with Crippen LogP contribution in [-0.2, 0) is 6.61 Å². The van der Waals surface area contributed by atoms with E-state index < -0.39 is 0 Å². The maximum absolute atomic E-state index is 8.94. The SMILES string of the molecule is Cc1cc(-n2cc(CO)cn2)ccc1Br. The summed E-state index contributed by atoms with van der Waals surface area (Å²) in [6.45, 7) is 2.06. The molecule has 0 aliphatic carbocycles. The standard InChI is InChI=1S/C11H11BrN2O/c1-8-4-10(2-3-11(8)12)14-6-9(7-15)5-13-14/h2-6,15H,7H2,1H3. The number of aliphatic hydroxyl groups excluding tert-OH is 1. The van der Waals surface area contributed by atoms with Gasteiger partial charge in [0.15, 0.2) is 0 Å². The van der Waals surface area contributed by atoms with Crippen LogP contribution in [0.15, 0.2) is 35.1 Å². The van der Waals surface area contributed by atoms with Crippen LogP contribution in [0.3, 0.4) is 0 Å². The molecule has 0 unspecified atom stereocenters. The zero-order valence-corrected chi connectivity index (χ0v) is 9.90. The first-order valence-electron chi connectivity index (χ1n) is 4.61. The maximum Gasteiger partial charge on any atom is 0.0712 e. The summed E-state index contributed by atoms with van der Waals surface area (Å²) in [6.07, 6.45) is 3.49. The molecule has 1 aromatic carbocycles. The van der Waals surface area contributed by atoms with Crippen molar-refractivity contribution in [3.05, 3.63) is 46.2 Å². The van der Waals surface area contributed by atoms with Gasteiger partial charge in [-0.05, 0) is 30.7 Å². The lowest BCUT2D eigenvalue weighted by Crippen LogP contribution is -1.94. The Labute approximate surface area is 96.5 Å². The molecule has 0 spiro atoms. The summed E-state index contributed by atoms with van der Waals surface area (Å²) >= 11 is 3.45. The fourth-order valence-corrected chi connectivity index (χ4v) is 1.60. The highest BCUT2D eigenvalue weighted by Gasteiger charge is 2.01. The molecule has 1 N–H and O–H groups in total. The first kappa shape index (κ1) is 10.4. The molecule has 0 radical (unpaired) electrons. The van der Waals surface area contributed by atoms with Gasteiger partial charge in [-0.2, -0.15) is 5.10 Å². The fourth-order valence-electron chi connectivity index (χ4n) is 1.35. The average Bonchev–Trinajstić information content (AvgIpc) is 2.70. The van der Waals surface area contributed by atoms with Gasteiger partial charge >= 0.3 is 0 Å². The van der Waals surface area contributed by atoms with Gasteiger partial charge in [0.05, 0.1) is 18.5 Å². The van der Waals surface area contributed by atoms with Gasteiger partial charge < -0.3 is 5.11 Å². The molecule has 0 saturated carbocycles. The summed E-state index contributed by atoms with van der Waals surface area (Å²) in [4.78, 5) is 0. The van der Waals surface area contributed by atoms with Crippen LogP contribution in [0.5, 0.6) is 0 Å². The average molecular weight is 267 g/mol. The van der Waals surface area contributed by atoms with Crippen molar-refractivity contribution in [2.75, 3.05) is 0 Å². The molecule has 0 fully saturated rings. The third-order valence-corrected chi connectivity index (χ3v) is 3.11. The van der Waals surface area contributed by atoms with Crippen LogP contribution in [0.1, 0.15) is 11.1 Å². The molecule has 1 aromatic heterocycles. The van der Waals surface area contributed by atoms with Gasteiger partial charge in [-0.1, -0.05) is 15.9 Å². The second kappa shape index (κ2) is 4.16. The van der Waals surface area contributed by atoms with Crippen molar-refractivity contribution < 1.29 is 5.11 Å². The molecule has 4 heteroatoms. The number of nitrogens with zero attached hydrogens (tertiary/aromatic N) is 2. The normalized spacial score (nSPS) is 10.6. The molecule has 0 atom stereocenters. The Morgan fingerprint density at radius 3 is 2.87 bits per heavy atom. The maximum atomic E-state index is 8.94. The zero-order valence-electron chi connectivity index (χ0n) is 8.31. The van der Waals surface area contributed by atoms with E-state index in [1.807, 2.05) is 31.3 Å². The first-order chi connectivity index (χ1) is 7.20. The molecule has 2 aromatic rings. The number of benzene rings is 1. The quantitative estimate of drug-likeness (QED) is 0.907. The van der Waals surface area contributed by atoms with Gasteiger partial charge in [-0.15, -0.1) is 0 Å². The predicted molar refractivity (Wildman–Crippen MR) is 61.9 cm³/mol. The van der Waals surface area contributed by atoms with Crippen molar-refractivity contribution >= 4 is 15.9 Å². The number of hydrogen-bond acceptors (Lipinski definition) is 2. The molecule has 3 nitrogen and oxygen atoms in total. The zero-order chi connectivity index (χ0) is 10.8. The van der Waals surface area contributed by atoms with Crippen LogP contribution in [0, 0.1) is 6.92 Å². The summed E-state index contributed by atoms with van der Waals surface area (Å²) in [7, 11) is 0. The molecule has 0 aliphatic rings. The minimum absolute atomic E-state index is 0.0233. The van der Waals surface area contributed by atoms with Gasteiger partial charge in [-0.3, -0.25) is 0 Å². The van der Waals surface area contributed by atoms with Crippen LogP contribution < -0.4 is 0 Å². The summed E-state index contributed by atoms with van der Waals surface area (Å²) in [5.74, 6) is 0. The van der Waals surface area contributed by atoms with Crippen LogP contribution >= 0.6 is 15.9 Å². The van der Waals surface area contributed by atoms with E-state index in [4.69, 9.17) is 5.11 Å². The number of aliphatic hydroxyl groups is 1. The Bertz CT molecular complexity index is 479. The lowest BCUT2D eigenvalue weighted by molar-refractivity contribution is 0.282. The van der Waals surface area contributed by atoms with E-state index in [2.05, 4.69) is 21.0 Å². The lowest BCUT2D eigenvalue weighted by Gasteiger charge is -2.03. The molecule has 0 amide bonds. The summed E-state index contributed by atoms with van der Waals surface area (Å²) in [5.41, 5.74) is 2.97. The summed E-state index contributed by atoms with van der Waals surface area (Å²) < 4.78 is 2.84. The third-order valence-electron chi connectivity index (χ3n) is 2.22. The number of halogens is 1. The Kier molecular flexibility index (Phi) is 2.88. The van der Waals surface area contributed by atoms with Crippen molar-refractivity contribution in [2.24, 2.45) is 0 Å². The lowest BCUT2D eigenvalue weighted by atomic mass is 10.2. The molecular weight excluding hydrogens is 256 g/mol. The van der Waals surface area contributed by atoms with E-state index in [0.717, 1.165) is 21.3 Å². The minimum atomic E-state index is 0.0233. The van der Waals surface area contributed by atoms with Gasteiger partial charge in [0.2, 0.25) is 0 Å². The Morgan fingerprint density at radius 2 is 2.27 bits per heavy atom. The highest BCUT2D eigenvalue weighted by atomic mass is 79.9. The number of hydrogen-bond donors (Lipinski definition) is 1. The summed E-state index contributed by atoms with van der Waals surface area (Å²) in [5, 5.41) is 13.1. The second-order valence-corrected chi connectivity index (χ2v) is 4.24. The van der Waals surface area contributed by atoms with Crippen LogP contribution in [0.25, 0.3) is 5.69 Å². The van der Waals surface area contributed by atoms with E-state index in [1.165, 1.54) is 0 Å². The highest BCUT2D eigenvalue weighted by molar-refractivity contribution is 9.10. The number of rotatable bonds is 2. The van der Waals surface area contributed by atoms with E-state index in [9.17, 15) is 0 Å². The van der Waals surface area contributed by atoms with E-state index >= 15 is 0 Å². The number of aryl methyl sites for hydroxylation is 1. The van der Waals surface area contributed by atoms with Crippen LogP contribution in [0.2, 0.25) is 0 Å². The predicted octanol–water partition coefficient (Wildman–Crippen LogP) is 2.44. The highest BCUT2D eigenvalue weighted by Crippen LogP contribution is 2.19. The Hall–Kier alpha value is -1.13. The Morgan fingerprint density at radius 1 is 1.47 bits per heavy atom. The van der Waals surface area contributed by atoms with Crippen molar-refractivity contribution in [3.63, 3.8) is 0 Å². The molecule has 0 aliphatic heterocycles. The smallest absolute Gasteiger partial charge is 0.0712 e. The van der Waals surface area contributed by atoms with Gasteiger partial charge in [0.25, 0.3) is 0 Å². The van der Waals surface area contributed by atoms with E-state index in [1.54, 1.807) is 10.9 Å². The first-order valence-corrected chi connectivity index (χ1v) is 5.41. The molecule has 78 valence electrons. The molecule has 0 bridgehead atoms. The fraction of sp³-hybridized carbons (Fsp3) is 0.182. The topological polar surface area (TPSA) is 38.0 Å². The second-order valence-electron chi connectivity index (χ2n) is 3.38. The van der Waals surface area contributed by atoms with Crippen LogP contribution in [0.4, 0.5) is 0 Å². The van der Waals surface area contributed by atoms with Crippen molar-refractivity contribution in [2.45, 2.75) is 13.5 Å². The van der Waals surface area contributed by atoms with E-state index in [-0.39, 0.29) is 6.61 Å². The van der Waals surface area contributed by atoms with Crippen molar-refractivity contribution in [1.29, 1.82) is 0 Å². The molecule has 0 saturated heterocycles. The molecule has 1 heterocycles. The third kappa shape index (κ3) is 2.11. The van der Waals surface area contributed by atoms with Crippen molar-refractivity contribution in [3.8, 4) is 5.69 Å². The molecule has 15 heavy (non-hydrogen) atoms. The Balaban J connectivity index is 2.40. The van der Waals surface area contributed by atoms with Crippen molar-refractivity contribution in [1.82, 2.24) is 9.78 Å². The van der Waals surface area contributed by atoms with Gasteiger partial charge in [0.1, 0.15) is 0 Å². The van der Waals surface area contributed by atoms with Crippen LogP contribution in [-0.4, -0.2) is 14.9 Å². The number of aromatic nitrogens is 2. The molecule has 2 rings (SSSR count).